The summed E-state index contributed by atoms with van der Waals surface area (Å²) in [6, 6.07) is 1.46. The minimum atomic E-state index is 0.710. The highest BCUT2D eigenvalue weighted by atomic mass is 15.2. The quantitative estimate of drug-likeness (QED) is 0.770. The lowest BCUT2D eigenvalue weighted by Gasteiger charge is -2.30. The number of hydrogen-bond donors (Lipinski definition) is 1. The van der Waals surface area contributed by atoms with Crippen molar-refractivity contribution in [2.75, 3.05) is 19.6 Å². The Morgan fingerprint density at radius 1 is 1.33 bits per heavy atom. The molecule has 1 heterocycles. The van der Waals surface area contributed by atoms with Gasteiger partial charge in [-0.15, -0.1) is 0 Å². The van der Waals surface area contributed by atoms with E-state index < -0.39 is 0 Å². The molecule has 0 aromatic rings. The maximum absolute atomic E-state index is 3.68. The van der Waals surface area contributed by atoms with E-state index in [0.29, 0.717) is 6.04 Å². The van der Waals surface area contributed by atoms with E-state index in [1.165, 1.54) is 38.9 Å². The number of nitrogens with one attached hydrogen (secondary N) is 1. The Kier molecular flexibility index (Phi) is 5.62. The molecule has 0 spiro atoms. The summed E-state index contributed by atoms with van der Waals surface area (Å²) in [5, 5.41) is 3.68. The van der Waals surface area contributed by atoms with Crippen LogP contribution in [0, 0.1) is 5.92 Å². The Hall–Kier alpha value is -0.0800. The molecular weight excluding hydrogens is 184 g/mol. The first-order valence-corrected chi connectivity index (χ1v) is 6.61. The van der Waals surface area contributed by atoms with Crippen LogP contribution < -0.4 is 5.32 Å². The molecule has 2 unspecified atom stereocenters. The van der Waals surface area contributed by atoms with Crippen LogP contribution in [0.4, 0.5) is 0 Å². The van der Waals surface area contributed by atoms with Gasteiger partial charge in [0.25, 0.3) is 0 Å². The van der Waals surface area contributed by atoms with Crippen molar-refractivity contribution in [3.05, 3.63) is 0 Å². The van der Waals surface area contributed by atoms with Crippen molar-refractivity contribution >= 4 is 0 Å². The second-order valence-electron chi connectivity index (χ2n) is 5.39. The average Bonchev–Trinajstić information content (AvgIpc) is 2.41. The first kappa shape index (κ1) is 13.0. The summed E-state index contributed by atoms with van der Waals surface area (Å²) in [5.41, 5.74) is 0. The van der Waals surface area contributed by atoms with Gasteiger partial charge in [0.05, 0.1) is 0 Å². The van der Waals surface area contributed by atoms with E-state index in [0.717, 1.165) is 12.0 Å². The van der Waals surface area contributed by atoms with Gasteiger partial charge in [-0.3, -0.25) is 4.90 Å². The Balaban J connectivity index is 2.45. The Morgan fingerprint density at radius 3 is 2.67 bits per heavy atom. The molecule has 1 N–H and O–H groups in total. The van der Waals surface area contributed by atoms with E-state index in [-0.39, 0.29) is 0 Å². The molecular formula is C13H28N2. The Bertz CT molecular complexity index is 168. The molecule has 0 aromatic carbocycles. The van der Waals surface area contributed by atoms with Gasteiger partial charge in [-0.1, -0.05) is 20.8 Å². The van der Waals surface area contributed by atoms with Crippen LogP contribution in [0.2, 0.25) is 0 Å². The van der Waals surface area contributed by atoms with Crippen LogP contribution in [0.5, 0.6) is 0 Å². The van der Waals surface area contributed by atoms with Crippen molar-refractivity contribution in [3.8, 4) is 0 Å². The molecule has 0 aromatic heterocycles. The number of rotatable bonds is 4. The monoisotopic (exact) mass is 212 g/mol. The summed E-state index contributed by atoms with van der Waals surface area (Å²) in [4.78, 5) is 2.66. The minimum Gasteiger partial charge on any atom is -0.313 e. The zero-order valence-corrected chi connectivity index (χ0v) is 10.9. The predicted octanol–water partition coefficient (Wildman–Crippen LogP) is 2.49. The zero-order chi connectivity index (χ0) is 11.3. The van der Waals surface area contributed by atoms with Gasteiger partial charge in [-0.2, -0.15) is 0 Å². The molecule has 2 heteroatoms. The molecule has 1 saturated heterocycles. The van der Waals surface area contributed by atoms with Gasteiger partial charge in [0.1, 0.15) is 0 Å². The lowest BCUT2D eigenvalue weighted by Crippen LogP contribution is -2.42. The summed E-state index contributed by atoms with van der Waals surface area (Å²) < 4.78 is 0. The molecule has 15 heavy (non-hydrogen) atoms. The van der Waals surface area contributed by atoms with Gasteiger partial charge < -0.3 is 5.32 Å². The highest BCUT2D eigenvalue weighted by Gasteiger charge is 2.20. The SMILES string of the molecule is CCC(C)N1CCCNC(CC(C)C)C1. The van der Waals surface area contributed by atoms with E-state index >= 15 is 0 Å². The number of nitrogens with zero attached hydrogens (tertiary/aromatic N) is 1. The van der Waals surface area contributed by atoms with Crippen LogP contribution in [-0.2, 0) is 0 Å². The van der Waals surface area contributed by atoms with Crippen LogP contribution in [0.15, 0.2) is 0 Å². The molecule has 1 rings (SSSR count). The minimum absolute atomic E-state index is 0.710. The van der Waals surface area contributed by atoms with Crippen molar-refractivity contribution in [2.24, 2.45) is 5.92 Å². The third-order valence-electron chi connectivity index (χ3n) is 3.48. The van der Waals surface area contributed by atoms with Crippen molar-refractivity contribution in [1.29, 1.82) is 0 Å². The smallest absolute Gasteiger partial charge is 0.0197 e. The molecule has 0 radical (unpaired) electrons. The normalized spacial score (nSPS) is 26.6. The fourth-order valence-corrected chi connectivity index (χ4v) is 2.41. The van der Waals surface area contributed by atoms with Crippen molar-refractivity contribution in [1.82, 2.24) is 10.2 Å². The van der Waals surface area contributed by atoms with E-state index in [1.807, 2.05) is 0 Å². The Labute approximate surface area is 95.4 Å². The highest BCUT2D eigenvalue weighted by Crippen LogP contribution is 2.13. The van der Waals surface area contributed by atoms with Crippen LogP contribution in [0.1, 0.15) is 47.0 Å². The second kappa shape index (κ2) is 6.49. The van der Waals surface area contributed by atoms with Crippen LogP contribution >= 0.6 is 0 Å². The van der Waals surface area contributed by atoms with E-state index in [4.69, 9.17) is 0 Å². The molecule has 0 saturated carbocycles. The summed E-state index contributed by atoms with van der Waals surface area (Å²) in [6.45, 7) is 13.0. The summed E-state index contributed by atoms with van der Waals surface area (Å²) in [6.07, 6.45) is 3.89. The first-order valence-electron chi connectivity index (χ1n) is 6.61. The van der Waals surface area contributed by atoms with Gasteiger partial charge in [0, 0.05) is 18.6 Å². The summed E-state index contributed by atoms with van der Waals surface area (Å²) in [7, 11) is 0. The third kappa shape index (κ3) is 4.52. The first-order chi connectivity index (χ1) is 7.13. The molecule has 1 aliphatic heterocycles. The molecule has 1 aliphatic rings. The maximum atomic E-state index is 3.68. The standard InChI is InChI=1S/C13H28N2/c1-5-12(4)15-8-6-7-14-13(10-15)9-11(2)3/h11-14H,5-10H2,1-4H3. The topological polar surface area (TPSA) is 15.3 Å². The van der Waals surface area contributed by atoms with Gasteiger partial charge >= 0.3 is 0 Å². The zero-order valence-electron chi connectivity index (χ0n) is 10.9. The molecule has 1 fully saturated rings. The summed E-state index contributed by atoms with van der Waals surface area (Å²) >= 11 is 0. The fourth-order valence-electron chi connectivity index (χ4n) is 2.41. The molecule has 0 amide bonds. The summed E-state index contributed by atoms with van der Waals surface area (Å²) in [5.74, 6) is 0.805. The van der Waals surface area contributed by atoms with Crippen molar-refractivity contribution in [3.63, 3.8) is 0 Å². The third-order valence-corrected chi connectivity index (χ3v) is 3.48. The van der Waals surface area contributed by atoms with Crippen molar-refractivity contribution in [2.45, 2.75) is 59.0 Å². The second-order valence-corrected chi connectivity index (χ2v) is 5.39. The van der Waals surface area contributed by atoms with Crippen molar-refractivity contribution < 1.29 is 0 Å². The lowest BCUT2D eigenvalue weighted by molar-refractivity contribution is 0.193. The van der Waals surface area contributed by atoms with E-state index in [1.54, 1.807) is 0 Å². The fraction of sp³-hybridized carbons (Fsp3) is 1.00. The molecule has 90 valence electrons. The molecule has 2 nitrogen and oxygen atoms in total. The maximum Gasteiger partial charge on any atom is 0.0197 e. The van der Waals surface area contributed by atoms with E-state index in [2.05, 4.69) is 37.9 Å². The molecule has 0 aliphatic carbocycles. The molecule has 0 bridgehead atoms. The van der Waals surface area contributed by atoms with Crippen LogP contribution in [0.25, 0.3) is 0 Å². The highest BCUT2D eigenvalue weighted by molar-refractivity contribution is 4.79. The number of hydrogen-bond acceptors (Lipinski definition) is 2. The lowest BCUT2D eigenvalue weighted by atomic mass is 10.0. The van der Waals surface area contributed by atoms with Gasteiger partial charge in [0.15, 0.2) is 0 Å². The predicted molar refractivity (Wildman–Crippen MR) is 67.2 cm³/mol. The van der Waals surface area contributed by atoms with Gasteiger partial charge in [0.2, 0.25) is 0 Å². The average molecular weight is 212 g/mol. The van der Waals surface area contributed by atoms with Crippen LogP contribution in [-0.4, -0.2) is 36.6 Å². The molecule has 2 atom stereocenters. The van der Waals surface area contributed by atoms with Gasteiger partial charge in [-0.25, -0.2) is 0 Å². The van der Waals surface area contributed by atoms with Gasteiger partial charge in [-0.05, 0) is 45.2 Å². The van der Waals surface area contributed by atoms with Crippen LogP contribution in [0.3, 0.4) is 0 Å². The Morgan fingerprint density at radius 2 is 2.07 bits per heavy atom. The largest absolute Gasteiger partial charge is 0.313 e. The van der Waals surface area contributed by atoms with E-state index in [9.17, 15) is 0 Å².